The van der Waals surface area contributed by atoms with Crippen LogP contribution in [0.3, 0.4) is 0 Å². The predicted octanol–water partition coefficient (Wildman–Crippen LogP) is 3.07. The molecule has 1 fully saturated rings. The number of ether oxygens (including phenoxy) is 1. The predicted molar refractivity (Wildman–Crippen MR) is 86.9 cm³/mol. The number of urea groups is 1. The molecule has 0 bridgehead atoms. The van der Waals surface area contributed by atoms with E-state index in [0.717, 1.165) is 36.9 Å². The van der Waals surface area contributed by atoms with Crippen molar-refractivity contribution < 1.29 is 14.6 Å². The van der Waals surface area contributed by atoms with Crippen LogP contribution in [0.1, 0.15) is 44.3 Å². The summed E-state index contributed by atoms with van der Waals surface area (Å²) in [5.41, 5.74) is 1.78. The Kier molecular flexibility index (Phi) is 6.21. The third-order valence-corrected chi connectivity index (χ3v) is 4.27. The van der Waals surface area contributed by atoms with Gasteiger partial charge >= 0.3 is 6.03 Å². The van der Waals surface area contributed by atoms with E-state index in [9.17, 15) is 9.90 Å². The Hall–Kier alpha value is -1.59. The Morgan fingerprint density at radius 2 is 2.27 bits per heavy atom. The normalized spacial score (nSPS) is 22.9. The van der Waals surface area contributed by atoms with Crippen molar-refractivity contribution in [2.45, 2.75) is 44.8 Å². The maximum absolute atomic E-state index is 12.0. The second kappa shape index (κ2) is 8.15. The number of amides is 2. The maximum atomic E-state index is 12.0. The van der Waals surface area contributed by atoms with Crippen molar-refractivity contribution in [3.05, 3.63) is 29.8 Å². The smallest absolute Gasteiger partial charge is 0.319 e. The van der Waals surface area contributed by atoms with Gasteiger partial charge < -0.3 is 20.5 Å². The lowest BCUT2D eigenvalue weighted by molar-refractivity contribution is 0.101. The summed E-state index contributed by atoms with van der Waals surface area (Å²) in [5.74, 6) is 0.370. The zero-order valence-electron chi connectivity index (χ0n) is 13.3. The van der Waals surface area contributed by atoms with Crippen molar-refractivity contribution in [3.63, 3.8) is 0 Å². The fourth-order valence-electron chi connectivity index (χ4n) is 2.87. The number of rotatable bonds is 5. The first-order valence-electron chi connectivity index (χ1n) is 7.94. The molecular weight excluding hydrogens is 280 g/mol. The highest BCUT2D eigenvalue weighted by Gasteiger charge is 2.20. The number of methoxy groups -OCH3 is 1. The molecule has 3 N–H and O–H groups in total. The second-order valence-corrected chi connectivity index (χ2v) is 6.02. The summed E-state index contributed by atoms with van der Waals surface area (Å²) in [6.45, 7) is 2.57. The quantitative estimate of drug-likeness (QED) is 0.783. The molecule has 0 saturated heterocycles. The molecule has 1 aliphatic carbocycles. The monoisotopic (exact) mass is 306 g/mol. The number of hydrogen-bond donors (Lipinski definition) is 3. The van der Waals surface area contributed by atoms with Crippen LogP contribution in [-0.4, -0.2) is 30.9 Å². The van der Waals surface area contributed by atoms with Gasteiger partial charge in [-0.05, 0) is 49.8 Å². The van der Waals surface area contributed by atoms with Crippen LogP contribution in [0.2, 0.25) is 0 Å². The van der Waals surface area contributed by atoms with Gasteiger partial charge in [0.2, 0.25) is 0 Å². The van der Waals surface area contributed by atoms with Gasteiger partial charge in [-0.25, -0.2) is 4.79 Å². The Labute approximate surface area is 132 Å². The molecule has 1 aliphatic rings. The van der Waals surface area contributed by atoms with Crippen molar-refractivity contribution in [2.24, 2.45) is 5.92 Å². The third kappa shape index (κ3) is 5.00. The van der Waals surface area contributed by atoms with E-state index in [1.807, 2.05) is 31.2 Å². The second-order valence-electron chi connectivity index (χ2n) is 6.02. The lowest BCUT2D eigenvalue weighted by Crippen LogP contribution is -2.35. The molecule has 5 heteroatoms. The highest BCUT2D eigenvalue weighted by Crippen LogP contribution is 2.23. The van der Waals surface area contributed by atoms with E-state index in [-0.39, 0.29) is 18.2 Å². The molecule has 2 rings (SSSR count). The third-order valence-electron chi connectivity index (χ3n) is 4.27. The number of aliphatic hydroxyl groups is 1. The highest BCUT2D eigenvalue weighted by atomic mass is 16.5. The van der Waals surface area contributed by atoms with E-state index in [0.29, 0.717) is 12.5 Å². The lowest BCUT2D eigenvalue weighted by atomic mass is 9.87. The fourth-order valence-corrected chi connectivity index (χ4v) is 2.87. The average molecular weight is 306 g/mol. The van der Waals surface area contributed by atoms with Crippen molar-refractivity contribution >= 4 is 11.7 Å². The van der Waals surface area contributed by atoms with E-state index >= 15 is 0 Å². The van der Waals surface area contributed by atoms with E-state index in [4.69, 9.17) is 4.74 Å². The fraction of sp³-hybridized carbons (Fsp3) is 0.588. The van der Waals surface area contributed by atoms with Crippen LogP contribution in [-0.2, 0) is 4.74 Å². The first-order valence-corrected chi connectivity index (χ1v) is 7.94. The number of hydrogen-bond acceptors (Lipinski definition) is 3. The summed E-state index contributed by atoms with van der Waals surface area (Å²) in [6.07, 6.45) is 3.54. The minimum atomic E-state index is -0.212. The van der Waals surface area contributed by atoms with E-state index < -0.39 is 0 Å². The van der Waals surface area contributed by atoms with Crippen LogP contribution in [0.4, 0.5) is 10.5 Å². The van der Waals surface area contributed by atoms with Crippen LogP contribution in [0.25, 0.3) is 0 Å². The summed E-state index contributed by atoms with van der Waals surface area (Å²) in [6, 6.07) is 7.44. The SMILES string of the molecule is COC(C)c1cccc(NC(=O)NCC2CCCC(O)C2)c1. The van der Waals surface area contributed by atoms with Crippen LogP contribution in [0.5, 0.6) is 0 Å². The number of anilines is 1. The molecular formula is C17H26N2O3. The molecule has 3 atom stereocenters. The molecule has 0 spiro atoms. The molecule has 0 heterocycles. The number of carbonyl (C=O) groups excluding carboxylic acids is 1. The van der Waals surface area contributed by atoms with Gasteiger partial charge in [-0.1, -0.05) is 18.6 Å². The molecule has 0 aromatic heterocycles. The summed E-state index contributed by atoms with van der Waals surface area (Å²) in [5, 5.41) is 15.4. The van der Waals surface area contributed by atoms with Crippen LogP contribution >= 0.6 is 0 Å². The Morgan fingerprint density at radius 3 is 3.00 bits per heavy atom. The first kappa shape index (κ1) is 16.8. The molecule has 122 valence electrons. The lowest BCUT2D eigenvalue weighted by Gasteiger charge is -2.25. The number of benzene rings is 1. The van der Waals surface area contributed by atoms with Gasteiger partial charge in [0.25, 0.3) is 0 Å². The van der Waals surface area contributed by atoms with Crippen LogP contribution < -0.4 is 10.6 Å². The molecule has 1 aromatic carbocycles. The van der Waals surface area contributed by atoms with Crippen molar-refractivity contribution in [2.75, 3.05) is 19.0 Å². The van der Waals surface area contributed by atoms with Crippen LogP contribution in [0, 0.1) is 5.92 Å². The van der Waals surface area contributed by atoms with Crippen LogP contribution in [0.15, 0.2) is 24.3 Å². The Balaban J connectivity index is 1.81. The molecule has 0 aliphatic heterocycles. The van der Waals surface area contributed by atoms with Crippen molar-refractivity contribution in [1.82, 2.24) is 5.32 Å². The van der Waals surface area contributed by atoms with Gasteiger partial charge in [0, 0.05) is 19.3 Å². The van der Waals surface area contributed by atoms with Gasteiger partial charge in [0.05, 0.1) is 12.2 Å². The number of aliphatic hydroxyl groups excluding tert-OH is 1. The van der Waals surface area contributed by atoms with E-state index in [2.05, 4.69) is 10.6 Å². The van der Waals surface area contributed by atoms with Gasteiger partial charge in [-0.2, -0.15) is 0 Å². The topological polar surface area (TPSA) is 70.6 Å². The standard InChI is InChI=1S/C17H26N2O3/c1-12(22-2)14-6-4-7-15(10-14)19-17(21)18-11-13-5-3-8-16(20)9-13/h4,6-7,10,12-13,16,20H,3,5,8-9,11H2,1-2H3,(H2,18,19,21). The molecule has 5 nitrogen and oxygen atoms in total. The highest BCUT2D eigenvalue weighted by molar-refractivity contribution is 5.89. The molecule has 22 heavy (non-hydrogen) atoms. The summed E-state index contributed by atoms with van der Waals surface area (Å²) in [4.78, 5) is 12.0. The summed E-state index contributed by atoms with van der Waals surface area (Å²) in [7, 11) is 1.66. The van der Waals surface area contributed by atoms with Crippen molar-refractivity contribution in [1.29, 1.82) is 0 Å². The molecule has 0 radical (unpaired) electrons. The molecule has 3 unspecified atom stereocenters. The van der Waals surface area contributed by atoms with Gasteiger partial charge in [-0.3, -0.25) is 0 Å². The Morgan fingerprint density at radius 1 is 1.45 bits per heavy atom. The van der Waals surface area contributed by atoms with E-state index in [1.165, 1.54) is 0 Å². The zero-order valence-corrected chi connectivity index (χ0v) is 13.3. The largest absolute Gasteiger partial charge is 0.393 e. The summed E-state index contributed by atoms with van der Waals surface area (Å²) < 4.78 is 5.28. The van der Waals surface area contributed by atoms with E-state index in [1.54, 1.807) is 7.11 Å². The number of nitrogens with one attached hydrogen (secondary N) is 2. The zero-order chi connectivity index (χ0) is 15.9. The van der Waals surface area contributed by atoms with Gasteiger partial charge in [0.1, 0.15) is 0 Å². The molecule has 1 aromatic rings. The van der Waals surface area contributed by atoms with Crippen molar-refractivity contribution in [3.8, 4) is 0 Å². The summed E-state index contributed by atoms with van der Waals surface area (Å²) >= 11 is 0. The minimum Gasteiger partial charge on any atom is -0.393 e. The maximum Gasteiger partial charge on any atom is 0.319 e. The number of carbonyl (C=O) groups is 1. The molecule has 1 saturated carbocycles. The van der Waals surface area contributed by atoms with Gasteiger partial charge in [0.15, 0.2) is 0 Å². The Bertz CT molecular complexity index is 493. The minimum absolute atomic E-state index is 0.00598. The molecule has 2 amide bonds. The van der Waals surface area contributed by atoms with Gasteiger partial charge in [-0.15, -0.1) is 0 Å². The average Bonchev–Trinajstić information content (AvgIpc) is 2.52. The first-order chi connectivity index (χ1) is 10.6.